The first-order valence-electron chi connectivity index (χ1n) is 6.11. The van der Waals surface area contributed by atoms with Crippen LogP contribution in [0.15, 0.2) is 18.2 Å². The lowest BCUT2D eigenvalue weighted by molar-refractivity contribution is 0.360. The van der Waals surface area contributed by atoms with Crippen LogP contribution in [0.5, 0.6) is 5.75 Å². The van der Waals surface area contributed by atoms with Gasteiger partial charge in [0.2, 0.25) is 0 Å². The van der Waals surface area contributed by atoms with E-state index in [0.29, 0.717) is 11.8 Å². The van der Waals surface area contributed by atoms with Crippen molar-refractivity contribution in [3.63, 3.8) is 0 Å². The molecular weight excluding hydrogens is 200 g/mol. The Morgan fingerprint density at radius 2 is 2.12 bits per heavy atom. The van der Waals surface area contributed by atoms with Crippen molar-refractivity contribution in [2.75, 3.05) is 4.90 Å². The smallest absolute Gasteiger partial charge is 0.117 e. The Labute approximate surface area is 95.9 Å². The van der Waals surface area contributed by atoms with Crippen LogP contribution in [0, 0.1) is 0 Å². The molecular formula is C13H18N2O. The zero-order chi connectivity index (χ0) is 11.1. The minimum Gasteiger partial charge on any atom is -0.508 e. The number of anilines is 1. The number of aromatic hydroxyl groups is 1. The van der Waals surface area contributed by atoms with E-state index in [9.17, 15) is 5.11 Å². The maximum atomic E-state index is 9.60. The van der Waals surface area contributed by atoms with Gasteiger partial charge >= 0.3 is 0 Å². The van der Waals surface area contributed by atoms with Gasteiger partial charge in [0, 0.05) is 17.8 Å². The van der Waals surface area contributed by atoms with E-state index in [1.807, 2.05) is 12.1 Å². The standard InChI is InChI=1S/C13H18N2O/c14-13-3-1-2-10-6-4-9-5-7-11(16)8-12(9)15(10)13/h5,7-8,10,13,16H,1-4,6,14H2. The zero-order valence-electron chi connectivity index (χ0n) is 9.39. The number of nitrogens with two attached hydrogens (primary N) is 1. The van der Waals surface area contributed by atoms with Crippen LogP contribution in [0.1, 0.15) is 31.2 Å². The van der Waals surface area contributed by atoms with E-state index in [2.05, 4.69) is 4.90 Å². The number of nitrogens with zero attached hydrogens (tertiary/aromatic N) is 1. The number of phenols is 1. The molecule has 2 atom stereocenters. The van der Waals surface area contributed by atoms with Crippen LogP contribution in [0.25, 0.3) is 0 Å². The van der Waals surface area contributed by atoms with E-state index < -0.39 is 0 Å². The number of hydrogen-bond donors (Lipinski definition) is 2. The Bertz CT molecular complexity index is 405. The second-order valence-electron chi connectivity index (χ2n) is 4.91. The molecule has 16 heavy (non-hydrogen) atoms. The quantitative estimate of drug-likeness (QED) is 0.700. The van der Waals surface area contributed by atoms with E-state index in [1.165, 1.54) is 24.8 Å². The molecule has 1 fully saturated rings. The molecule has 0 saturated carbocycles. The fraction of sp³-hybridized carbons (Fsp3) is 0.538. The molecule has 3 nitrogen and oxygen atoms in total. The third-order valence-electron chi connectivity index (χ3n) is 3.88. The van der Waals surface area contributed by atoms with Crippen LogP contribution in [0.2, 0.25) is 0 Å². The van der Waals surface area contributed by atoms with Gasteiger partial charge in [-0.1, -0.05) is 6.07 Å². The maximum Gasteiger partial charge on any atom is 0.117 e. The lowest BCUT2D eigenvalue weighted by Crippen LogP contribution is -2.53. The molecule has 86 valence electrons. The van der Waals surface area contributed by atoms with Crippen molar-refractivity contribution in [2.24, 2.45) is 5.73 Å². The van der Waals surface area contributed by atoms with Crippen LogP contribution in [0.4, 0.5) is 5.69 Å². The minimum absolute atomic E-state index is 0.125. The van der Waals surface area contributed by atoms with Crippen molar-refractivity contribution >= 4 is 5.69 Å². The molecule has 0 aliphatic carbocycles. The van der Waals surface area contributed by atoms with E-state index in [4.69, 9.17) is 5.73 Å². The minimum atomic E-state index is 0.125. The van der Waals surface area contributed by atoms with Crippen molar-refractivity contribution in [1.29, 1.82) is 0 Å². The Balaban J connectivity index is 2.04. The van der Waals surface area contributed by atoms with Gasteiger partial charge in [-0.25, -0.2) is 0 Å². The highest BCUT2D eigenvalue weighted by molar-refractivity contribution is 5.60. The average Bonchev–Trinajstić information content (AvgIpc) is 2.28. The van der Waals surface area contributed by atoms with E-state index >= 15 is 0 Å². The molecule has 0 bridgehead atoms. The van der Waals surface area contributed by atoms with Gasteiger partial charge in [0.25, 0.3) is 0 Å². The molecule has 0 radical (unpaired) electrons. The van der Waals surface area contributed by atoms with Crippen LogP contribution < -0.4 is 10.6 Å². The third-order valence-corrected chi connectivity index (χ3v) is 3.88. The molecule has 0 amide bonds. The summed E-state index contributed by atoms with van der Waals surface area (Å²) in [4.78, 5) is 2.32. The number of phenolic OH excluding ortho intramolecular Hbond substituents is 1. The maximum absolute atomic E-state index is 9.60. The number of benzene rings is 1. The van der Waals surface area contributed by atoms with Crippen molar-refractivity contribution in [3.8, 4) is 5.75 Å². The van der Waals surface area contributed by atoms with Gasteiger partial charge in [0.1, 0.15) is 5.75 Å². The Morgan fingerprint density at radius 1 is 1.25 bits per heavy atom. The molecule has 1 aromatic carbocycles. The summed E-state index contributed by atoms with van der Waals surface area (Å²) in [5.41, 5.74) is 8.68. The van der Waals surface area contributed by atoms with Gasteiger partial charge in [-0.15, -0.1) is 0 Å². The Kier molecular flexibility index (Phi) is 2.28. The van der Waals surface area contributed by atoms with Crippen LogP contribution >= 0.6 is 0 Å². The first kappa shape index (κ1) is 9.97. The Morgan fingerprint density at radius 3 is 3.00 bits per heavy atom. The highest BCUT2D eigenvalue weighted by Crippen LogP contribution is 2.38. The first-order chi connectivity index (χ1) is 7.75. The predicted octanol–water partition coefficient (Wildman–Crippen LogP) is 1.98. The summed E-state index contributed by atoms with van der Waals surface area (Å²) in [6, 6.07) is 6.25. The normalized spacial score (nSPS) is 28.4. The summed E-state index contributed by atoms with van der Waals surface area (Å²) < 4.78 is 0. The van der Waals surface area contributed by atoms with Gasteiger partial charge in [-0.2, -0.15) is 0 Å². The molecule has 2 aliphatic rings. The number of fused-ring (bicyclic) bond motifs is 3. The number of piperidine rings is 1. The van der Waals surface area contributed by atoms with Crippen molar-refractivity contribution in [1.82, 2.24) is 0 Å². The molecule has 2 heterocycles. The summed E-state index contributed by atoms with van der Waals surface area (Å²) in [6.45, 7) is 0. The molecule has 3 N–H and O–H groups in total. The number of rotatable bonds is 0. The van der Waals surface area contributed by atoms with Gasteiger partial charge in [0.15, 0.2) is 0 Å². The highest BCUT2D eigenvalue weighted by atomic mass is 16.3. The average molecular weight is 218 g/mol. The summed E-state index contributed by atoms with van der Waals surface area (Å²) in [5, 5.41) is 9.60. The summed E-state index contributed by atoms with van der Waals surface area (Å²) >= 11 is 0. The molecule has 2 aliphatic heterocycles. The van der Waals surface area contributed by atoms with Crippen molar-refractivity contribution in [2.45, 2.75) is 44.3 Å². The predicted molar refractivity (Wildman–Crippen MR) is 64.5 cm³/mol. The lowest BCUT2D eigenvalue weighted by Gasteiger charge is -2.46. The van der Waals surface area contributed by atoms with Gasteiger partial charge < -0.3 is 15.7 Å². The highest BCUT2D eigenvalue weighted by Gasteiger charge is 2.32. The van der Waals surface area contributed by atoms with Crippen molar-refractivity contribution in [3.05, 3.63) is 23.8 Å². The van der Waals surface area contributed by atoms with Crippen molar-refractivity contribution < 1.29 is 5.11 Å². The summed E-state index contributed by atoms with van der Waals surface area (Å²) in [6.07, 6.45) is 5.97. The summed E-state index contributed by atoms with van der Waals surface area (Å²) in [7, 11) is 0. The molecule has 2 unspecified atom stereocenters. The molecule has 1 saturated heterocycles. The van der Waals surface area contributed by atoms with Crippen LogP contribution in [-0.2, 0) is 6.42 Å². The SMILES string of the molecule is NC1CCCC2CCc3ccc(O)cc3N12. The second-order valence-corrected chi connectivity index (χ2v) is 4.91. The van der Waals surface area contributed by atoms with Gasteiger partial charge in [-0.3, -0.25) is 0 Å². The third kappa shape index (κ3) is 1.47. The number of hydrogen-bond acceptors (Lipinski definition) is 3. The summed E-state index contributed by atoms with van der Waals surface area (Å²) in [5.74, 6) is 0.345. The van der Waals surface area contributed by atoms with E-state index in [0.717, 1.165) is 18.5 Å². The molecule has 3 heteroatoms. The van der Waals surface area contributed by atoms with Crippen LogP contribution in [0.3, 0.4) is 0 Å². The van der Waals surface area contributed by atoms with Crippen LogP contribution in [-0.4, -0.2) is 17.3 Å². The molecule has 3 rings (SSSR count). The van der Waals surface area contributed by atoms with Gasteiger partial charge in [0.05, 0.1) is 6.17 Å². The topological polar surface area (TPSA) is 49.5 Å². The van der Waals surface area contributed by atoms with E-state index in [-0.39, 0.29) is 6.17 Å². The lowest BCUT2D eigenvalue weighted by atomic mass is 9.88. The fourth-order valence-corrected chi connectivity index (χ4v) is 3.10. The molecule has 1 aromatic rings. The zero-order valence-corrected chi connectivity index (χ0v) is 9.39. The molecule has 0 spiro atoms. The number of aryl methyl sites for hydroxylation is 1. The Hall–Kier alpha value is -1.22. The monoisotopic (exact) mass is 218 g/mol. The largest absolute Gasteiger partial charge is 0.508 e. The van der Waals surface area contributed by atoms with Gasteiger partial charge in [-0.05, 0) is 43.7 Å². The first-order valence-corrected chi connectivity index (χ1v) is 6.11. The second kappa shape index (κ2) is 3.67. The van der Waals surface area contributed by atoms with E-state index in [1.54, 1.807) is 6.07 Å². The fourth-order valence-electron chi connectivity index (χ4n) is 3.10. The molecule has 0 aromatic heterocycles.